The molecule has 1 aliphatic heterocycles. The Morgan fingerprint density at radius 1 is 1.35 bits per heavy atom. The van der Waals surface area contributed by atoms with Crippen LogP contribution < -0.4 is 0 Å². The maximum absolute atomic E-state index is 12.6. The third kappa shape index (κ3) is 3.17. The number of rotatable bonds is 3. The Kier molecular flexibility index (Phi) is 4.82. The van der Waals surface area contributed by atoms with Crippen LogP contribution in [0.4, 0.5) is 4.79 Å². The van der Waals surface area contributed by atoms with Crippen molar-refractivity contribution in [2.24, 2.45) is 0 Å². The number of carbonyl (C=O) groups is 1. The Morgan fingerprint density at radius 2 is 2.15 bits per heavy atom. The Labute approximate surface area is 163 Å². The average Bonchev–Trinajstić information content (AvgIpc) is 3.26. The van der Waals surface area contributed by atoms with Crippen molar-refractivity contribution >= 4 is 39.1 Å². The van der Waals surface area contributed by atoms with Crippen LogP contribution >= 0.6 is 27.5 Å². The lowest BCUT2D eigenvalue weighted by Crippen LogP contribution is -2.32. The minimum atomic E-state index is -0.329. The zero-order valence-corrected chi connectivity index (χ0v) is 16.2. The third-order valence-corrected chi connectivity index (χ3v) is 5.31. The predicted octanol–water partition coefficient (Wildman–Crippen LogP) is 4.62. The monoisotopic (exact) mass is 434 g/mol. The first kappa shape index (κ1) is 17.3. The summed E-state index contributed by atoms with van der Waals surface area (Å²) in [5, 5.41) is 0.370. The molecule has 4 rings (SSSR count). The normalized spacial score (nSPS) is 17.0. The summed E-state index contributed by atoms with van der Waals surface area (Å²) in [6.07, 6.45) is 4.83. The number of hydrogen-bond acceptors (Lipinski definition) is 4. The molecule has 8 heteroatoms. The topological polar surface area (TPSA) is 59.7 Å². The second kappa shape index (κ2) is 7.25. The van der Waals surface area contributed by atoms with Gasteiger partial charge in [0.05, 0.1) is 6.04 Å². The zero-order chi connectivity index (χ0) is 18.1. The van der Waals surface area contributed by atoms with E-state index in [9.17, 15) is 4.79 Å². The van der Waals surface area contributed by atoms with Gasteiger partial charge in [-0.1, -0.05) is 41.9 Å². The highest BCUT2D eigenvalue weighted by Crippen LogP contribution is 2.35. The maximum Gasteiger partial charge on any atom is 0.410 e. The first-order valence-corrected chi connectivity index (χ1v) is 9.47. The van der Waals surface area contributed by atoms with Gasteiger partial charge in [-0.3, -0.25) is 9.30 Å². The number of amides is 1. The molecule has 6 nitrogen and oxygen atoms in total. The number of likely N-dealkylation sites (tertiary alicyclic amines) is 1. The lowest BCUT2D eigenvalue weighted by Gasteiger charge is -2.23. The molecule has 1 aliphatic rings. The van der Waals surface area contributed by atoms with Crippen molar-refractivity contribution in [2.75, 3.05) is 6.54 Å². The number of ether oxygens (including phenoxy) is 1. The van der Waals surface area contributed by atoms with Gasteiger partial charge in [0.25, 0.3) is 0 Å². The van der Waals surface area contributed by atoms with Crippen molar-refractivity contribution in [2.45, 2.75) is 25.5 Å². The Morgan fingerprint density at radius 3 is 2.96 bits per heavy atom. The molecule has 0 spiro atoms. The van der Waals surface area contributed by atoms with E-state index in [0.717, 1.165) is 24.2 Å². The molecule has 1 saturated heterocycles. The number of hydrogen-bond donors (Lipinski definition) is 0. The summed E-state index contributed by atoms with van der Waals surface area (Å²) in [4.78, 5) is 23.0. The summed E-state index contributed by atoms with van der Waals surface area (Å²) in [6.45, 7) is 0.897. The lowest BCUT2D eigenvalue weighted by molar-refractivity contribution is 0.0908. The van der Waals surface area contributed by atoms with Gasteiger partial charge in [0, 0.05) is 18.9 Å². The van der Waals surface area contributed by atoms with Crippen molar-refractivity contribution in [1.82, 2.24) is 19.3 Å². The van der Waals surface area contributed by atoms with Crippen molar-refractivity contribution in [1.29, 1.82) is 0 Å². The minimum Gasteiger partial charge on any atom is -0.445 e. The number of benzene rings is 1. The number of halogens is 2. The number of fused-ring (bicyclic) bond motifs is 1. The fourth-order valence-corrected chi connectivity index (χ4v) is 4.19. The van der Waals surface area contributed by atoms with E-state index in [0.29, 0.717) is 21.8 Å². The maximum atomic E-state index is 12.6. The van der Waals surface area contributed by atoms with E-state index >= 15 is 0 Å². The van der Waals surface area contributed by atoms with Crippen molar-refractivity contribution in [3.8, 4) is 0 Å². The van der Waals surface area contributed by atoms with Gasteiger partial charge in [-0.15, -0.1) is 0 Å². The molecule has 1 amide bonds. The summed E-state index contributed by atoms with van der Waals surface area (Å²) in [5.74, 6) is 0.755. The van der Waals surface area contributed by atoms with E-state index in [1.807, 2.05) is 34.7 Å². The smallest absolute Gasteiger partial charge is 0.410 e. The molecule has 0 N–H and O–H groups in total. The molecule has 1 aromatic carbocycles. The molecule has 1 atom stereocenters. The van der Waals surface area contributed by atoms with E-state index in [1.54, 1.807) is 17.3 Å². The van der Waals surface area contributed by atoms with E-state index in [2.05, 4.69) is 25.9 Å². The van der Waals surface area contributed by atoms with E-state index in [-0.39, 0.29) is 18.7 Å². The van der Waals surface area contributed by atoms with Crippen LogP contribution in [0.2, 0.25) is 5.15 Å². The van der Waals surface area contributed by atoms with Crippen LogP contribution in [0.15, 0.2) is 47.3 Å². The average molecular weight is 436 g/mol. The summed E-state index contributed by atoms with van der Waals surface area (Å²) in [5.41, 5.74) is 1.66. The molecule has 134 valence electrons. The highest BCUT2D eigenvalue weighted by atomic mass is 79.9. The van der Waals surface area contributed by atoms with Gasteiger partial charge in [-0.25, -0.2) is 14.8 Å². The molecule has 0 saturated carbocycles. The Bertz CT molecular complexity index is 947. The number of imidazole rings is 1. The highest BCUT2D eigenvalue weighted by molar-refractivity contribution is 9.10. The summed E-state index contributed by atoms with van der Waals surface area (Å²) in [6, 6.07) is 9.49. The Hall–Kier alpha value is -2.12. The summed E-state index contributed by atoms with van der Waals surface area (Å²) < 4.78 is 8.01. The van der Waals surface area contributed by atoms with Crippen LogP contribution in [-0.2, 0) is 11.3 Å². The quantitative estimate of drug-likeness (QED) is 0.602. The largest absolute Gasteiger partial charge is 0.445 e. The van der Waals surface area contributed by atoms with Crippen LogP contribution in [-0.4, -0.2) is 31.9 Å². The SMILES string of the molecule is O=C(OCc1ccccc1)N1CCCC1c1nc(Br)c2c(Cl)nccn12. The second-order valence-corrected chi connectivity index (χ2v) is 7.20. The number of aromatic nitrogens is 3. The molecule has 2 aromatic heterocycles. The minimum absolute atomic E-state index is 0.157. The first-order chi connectivity index (χ1) is 12.6. The first-order valence-electron chi connectivity index (χ1n) is 8.30. The molecule has 3 aromatic rings. The van der Waals surface area contributed by atoms with Crippen LogP contribution in [0.25, 0.3) is 5.52 Å². The fraction of sp³-hybridized carbons (Fsp3) is 0.278. The standard InChI is InChI=1S/C18H16BrClN4O2/c19-15-14-16(20)21-8-10-24(14)17(22-15)13-7-4-9-23(13)18(25)26-11-12-5-2-1-3-6-12/h1-3,5-6,8,10,13H,4,7,9,11H2. The van der Waals surface area contributed by atoms with Gasteiger partial charge >= 0.3 is 6.09 Å². The predicted molar refractivity (Wildman–Crippen MR) is 101 cm³/mol. The van der Waals surface area contributed by atoms with Crippen molar-refractivity contribution in [3.63, 3.8) is 0 Å². The van der Waals surface area contributed by atoms with Gasteiger partial charge < -0.3 is 4.74 Å². The molecular formula is C18H16BrClN4O2. The van der Waals surface area contributed by atoms with Crippen molar-refractivity contribution in [3.05, 3.63) is 63.9 Å². The molecule has 0 radical (unpaired) electrons. The van der Waals surface area contributed by atoms with Gasteiger partial charge in [0.15, 0.2) is 5.15 Å². The van der Waals surface area contributed by atoms with Gasteiger partial charge in [-0.05, 0) is 34.3 Å². The molecule has 1 fully saturated rings. The van der Waals surface area contributed by atoms with E-state index in [1.165, 1.54) is 0 Å². The fourth-order valence-electron chi connectivity index (χ4n) is 3.27. The molecule has 1 unspecified atom stereocenters. The molecule has 0 aliphatic carbocycles. The summed E-state index contributed by atoms with van der Waals surface area (Å²) in [7, 11) is 0. The second-order valence-electron chi connectivity index (χ2n) is 6.09. The zero-order valence-electron chi connectivity index (χ0n) is 13.8. The number of carbonyl (C=O) groups excluding carboxylic acids is 1. The van der Waals surface area contributed by atoms with E-state index in [4.69, 9.17) is 16.3 Å². The van der Waals surface area contributed by atoms with Crippen LogP contribution in [0.3, 0.4) is 0 Å². The van der Waals surface area contributed by atoms with Crippen molar-refractivity contribution < 1.29 is 9.53 Å². The van der Waals surface area contributed by atoms with Gasteiger partial charge in [0.1, 0.15) is 22.6 Å². The summed E-state index contributed by atoms with van der Waals surface area (Å²) >= 11 is 9.63. The number of nitrogens with zero attached hydrogens (tertiary/aromatic N) is 4. The van der Waals surface area contributed by atoms with Crippen LogP contribution in [0.1, 0.15) is 30.3 Å². The highest BCUT2D eigenvalue weighted by Gasteiger charge is 2.34. The molecule has 0 bridgehead atoms. The van der Waals surface area contributed by atoms with Gasteiger partial charge in [-0.2, -0.15) is 0 Å². The lowest BCUT2D eigenvalue weighted by atomic mass is 10.2. The third-order valence-electron chi connectivity index (χ3n) is 4.49. The van der Waals surface area contributed by atoms with Crippen LogP contribution in [0.5, 0.6) is 0 Å². The molecule has 3 heterocycles. The molecular weight excluding hydrogens is 420 g/mol. The van der Waals surface area contributed by atoms with Gasteiger partial charge in [0.2, 0.25) is 0 Å². The van der Waals surface area contributed by atoms with Crippen LogP contribution in [0, 0.1) is 0 Å². The van der Waals surface area contributed by atoms with E-state index < -0.39 is 0 Å². The Balaban J connectivity index is 1.57. The molecule has 26 heavy (non-hydrogen) atoms.